The number of hydrogen-bond acceptors (Lipinski definition) is 3. The molecule has 0 radical (unpaired) electrons. The van der Waals surface area contributed by atoms with Gasteiger partial charge in [-0.2, -0.15) is 0 Å². The minimum atomic E-state index is -3.72. The van der Waals surface area contributed by atoms with Crippen LogP contribution < -0.4 is 9.62 Å². The lowest BCUT2D eigenvalue weighted by atomic mass is 10.1. The summed E-state index contributed by atoms with van der Waals surface area (Å²) >= 11 is 5.83. The summed E-state index contributed by atoms with van der Waals surface area (Å²) in [6.45, 7) is 1.95. The third-order valence-corrected chi connectivity index (χ3v) is 6.29. The van der Waals surface area contributed by atoms with Gasteiger partial charge in [0.1, 0.15) is 0 Å². The van der Waals surface area contributed by atoms with E-state index in [2.05, 4.69) is 5.32 Å². The quantitative estimate of drug-likeness (QED) is 0.656. The topological polar surface area (TPSA) is 66.5 Å². The normalized spacial score (nSPS) is 11.1. The van der Waals surface area contributed by atoms with E-state index >= 15 is 0 Å². The number of sulfonamides is 1. The third kappa shape index (κ3) is 4.35. The fourth-order valence-corrected chi connectivity index (χ4v) is 3.97. The van der Waals surface area contributed by atoms with E-state index in [0.717, 1.165) is 5.56 Å². The molecule has 3 aromatic carbocycles. The average molecular weight is 415 g/mol. The highest BCUT2D eigenvalue weighted by molar-refractivity contribution is 7.92. The number of carbonyl (C=O) groups excluding carboxylic acids is 1. The van der Waals surface area contributed by atoms with Gasteiger partial charge in [0.2, 0.25) is 0 Å². The van der Waals surface area contributed by atoms with Crippen LogP contribution in [-0.2, 0) is 10.0 Å². The summed E-state index contributed by atoms with van der Waals surface area (Å²) in [5.74, 6) is -0.264. The first-order valence-corrected chi connectivity index (χ1v) is 10.3. The van der Waals surface area contributed by atoms with Gasteiger partial charge in [-0.05, 0) is 73.2 Å². The molecule has 28 heavy (non-hydrogen) atoms. The highest BCUT2D eigenvalue weighted by atomic mass is 35.5. The van der Waals surface area contributed by atoms with Crippen molar-refractivity contribution in [2.45, 2.75) is 11.8 Å². The van der Waals surface area contributed by atoms with E-state index in [4.69, 9.17) is 11.6 Å². The summed E-state index contributed by atoms with van der Waals surface area (Å²) in [4.78, 5) is 12.5. The molecule has 144 valence electrons. The number of benzene rings is 3. The number of anilines is 2. The Labute approximate surface area is 169 Å². The summed E-state index contributed by atoms with van der Waals surface area (Å²) in [5.41, 5.74) is 2.63. The maximum atomic E-state index is 12.7. The van der Waals surface area contributed by atoms with Crippen LogP contribution in [0.3, 0.4) is 0 Å². The fourth-order valence-electron chi connectivity index (χ4n) is 2.65. The van der Waals surface area contributed by atoms with Gasteiger partial charge < -0.3 is 5.32 Å². The Balaban J connectivity index is 1.77. The van der Waals surface area contributed by atoms with Crippen LogP contribution in [0.5, 0.6) is 0 Å². The molecule has 0 aliphatic rings. The number of halogens is 1. The first-order valence-electron chi connectivity index (χ1n) is 8.50. The van der Waals surface area contributed by atoms with E-state index in [-0.39, 0.29) is 10.8 Å². The van der Waals surface area contributed by atoms with Crippen LogP contribution in [0.2, 0.25) is 5.02 Å². The van der Waals surface area contributed by atoms with Crippen LogP contribution in [0.4, 0.5) is 11.4 Å². The van der Waals surface area contributed by atoms with E-state index in [9.17, 15) is 13.2 Å². The lowest BCUT2D eigenvalue weighted by Crippen LogP contribution is -2.26. The van der Waals surface area contributed by atoms with Gasteiger partial charge in [-0.1, -0.05) is 23.7 Å². The van der Waals surface area contributed by atoms with Crippen molar-refractivity contribution in [2.75, 3.05) is 16.7 Å². The molecule has 0 saturated carbocycles. The second kappa shape index (κ2) is 8.04. The Morgan fingerprint density at radius 3 is 2.21 bits per heavy atom. The van der Waals surface area contributed by atoms with E-state index in [1.807, 2.05) is 31.2 Å². The monoisotopic (exact) mass is 414 g/mol. The molecule has 1 amide bonds. The van der Waals surface area contributed by atoms with Crippen LogP contribution in [0, 0.1) is 6.92 Å². The molecule has 0 aromatic heterocycles. The molecule has 0 atom stereocenters. The van der Waals surface area contributed by atoms with Gasteiger partial charge in [0.15, 0.2) is 0 Å². The SMILES string of the molecule is Cc1cccc(NC(=O)c2ccc(N(C)S(=O)(=O)c3ccc(Cl)cc3)cc2)c1. The Hall–Kier alpha value is -2.83. The molecule has 5 nitrogen and oxygen atoms in total. The van der Waals surface area contributed by atoms with E-state index in [1.165, 1.54) is 35.6 Å². The van der Waals surface area contributed by atoms with Crippen molar-refractivity contribution in [3.05, 3.63) is 88.9 Å². The second-order valence-electron chi connectivity index (χ2n) is 6.30. The predicted octanol–water partition coefficient (Wildman–Crippen LogP) is 4.73. The van der Waals surface area contributed by atoms with E-state index in [1.54, 1.807) is 24.3 Å². The predicted molar refractivity (Wildman–Crippen MR) is 113 cm³/mol. The molecule has 1 N–H and O–H groups in total. The summed E-state index contributed by atoms with van der Waals surface area (Å²) in [6.07, 6.45) is 0. The van der Waals surface area contributed by atoms with Gasteiger partial charge in [-0.15, -0.1) is 0 Å². The van der Waals surface area contributed by atoms with Crippen molar-refractivity contribution in [1.82, 2.24) is 0 Å². The van der Waals surface area contributed by atoms with Crippen LogP contribution in [0.25, 0.3) is 0 Å². The molecule has 0 saturated heterocycles. The minimum Gasteiger partial charge on any atom is -0.322 e. The zero-order chi connectivity index (χ0) is 20.3. The zero-order valence-corrected chi connectivity index (χ0v) is 17.0. The number of nitrogens with one attached hydrogen (secondary N) is 1. The van der Waals surface area contributed by atoms with Crippen LogP contribution in [0.1, 0.15) is 15.9 Å². The largest absolute Gasteiger partial charge is 0.322 e. The van der Waals surface area contributed by atoms with Crippen molar-refractivity contribution in [3.8, 4) is 0 Å². The second-order valence-corrected chi connectivity index (χ2v) is 8.70. The lowest BCUT2D eigenvalue weighted by Gasteiger charge is -2.20. The van der Waals surface area contributed by atoms with Crippen molar-refractivity contribution in [3.63, 3.8) is 0 Å². The van der Waals surface area contributed by atoms with E-state index < -0.39 is 10.0 Å². The van der Waals surface area contributed by atoms with Crippen molar-refractivity contribution in [2.24, 2.45) is 0 Å². The Bertz CT molecular complexity index is 1100. The summed E-state index contributed by atoms with van der Waals surface area (Å²) in [5, 5.41) is 3.29. The molecule has 0 fully saturated rings. The smallest absolute Gasteiger partial charge is 0.264 e. The number of carbonyl (C=O) groups is 1. The average Bonchev–Trinajstić information content (AvgIpc) is 2.68. The molecule has 0 heterocycles. The minimum absolute atomic E-state index is 0.140. The number of aryl methyl sites for hydroxylation is 1. The summed E-state index contributed by atoms with van der Waals surface area (Å²) in [7, 11) is -2.26. The molecular formula is C21H19ClN2O3S. The fraction of sp³-hybridized carbons (Fsp3) is 0.0952. The molecule has 0 unspecified atom stereocenters. The third-order valence-electron chi connectivity index (χ3n) is 4.24. The zero-order valence-electron chi connectivity index (χ0n) is 15.4. The molecule has 0 aliphatic carbocycles. The standard InChI is InChI=1S/C21H19ClN2O3S/c1-15-4-3-5-18(14-15)23-21(25)16-6-10-19(11-7-16)24(2)28(26,27)20-12-8-17(22)9-13-20/h3-14H,1-2H3,(H,23,25). The number of hydrogen-bond donors (Lipinski definition) is 1. The van der Waals surface area contributed by atoms with Gasteiger partial charge in [-0.3, -0.25) is 9.10 Å². The first-order chi connectivity index (χ1) is 13.3. The molecule has 7 heteroatoms. The Morgan fingerprint density at radius 1 is 0.964 bits per heavy atom. The number of amides is 1. The van der Waals surface area contributed by atoms with Crippen LogP contribution >= 0.6 is 11.6 Å². The highest BCUT2D eigenvalue weighted by Gasteiger charge is 2.21. The molecule has 3 rings (SSSR count). The molecule has 3 aromatic rings. The van der Waals surface area contributed by atoms with Crippen LogP contribution in [-0.4, -0.2) is 21.4 Å². The van der Waals surface area contributed by atoms with E-state index in [0.29, 0.717) is 22.0 Å². The van der Waals surface area contributed by atoms with Crippen LogP contribution in [0.15, 0.2) is 77.7 Å². The lowest BCUT2D eigenvalue weighted by molar-refractivity contribution is 0.102. The van der Waals surface area contributed by atoms with Crippen molar-refractivity contribution < 1.29 is 13.2 Å². The number of nitrogens with zero attached hydrogens (tertiary/aromatic N) is 1. The number of rotatable bonds is 5. The Morgan fingerprint density at radius 2 is 1.61 bits per heavy atom. The molecule has 0 bridgehead atoms. The molecular weight excluding hydrogens is 396 g/mol. The van der Waals surface area contributed by atoms with Gasteiger partial charge in [0, 0.05) is 23.3 Å². The van der Waals surface area contributed by atoms with Gasteiger partial charge >= 0.3 is 0 Å². The highest BCUT2D eigenvalue weighted by Crippen LogP contribution is 2.24. The van der Waals surface area contributed by atoms with Crippen molar-refractivity contribution >= 4 is 38.9 Å². The maximum absolute atomic E-state index is 12.7. The van der Waals surface area contributed by atoms with Crippen molar-refractivity contribution in [1.29, 1.82) is 0 Å². The maximum Gasteiger partial charge on any atom is 0.264 e. The first kappa shape index (κ1) is 19.9. The molecule has 0 spiro atoms. The van der Waals surface area contributed by atoms with Gasteiger partial charge in [0.25, 0.3) is 15.9 Å². The van der Waals surface area contributed by atoms with Gasteiger partial charge in [-0.25, -0.2) is 8.42 Å². The molecule has 0 aliphatic heterocycles. The Kier molecular flexibility index (Phi) is 5.72. The van der Waals surface area contributed by atoms with Gasteiger partial charge in [0.05, 0.1) is 10.6 Å². The summed E-state index contributed by atoms with van der Waals surface area (Å²) in [6, 6.07) is 19.8. The summed E-state index contributed by atoms with van der Waals surface area (Å²) < 4.78 is 26.6.